The lowest BCUT2D eigenvalue weighted by Gasteiger charge is -2.13. The Morgan fingerprint density at radius 3 is 2.93 bits per heavy atom. The quantitative estimate of drug-likeness (QED) is 0.629. The van der Waals surface area contributed by atoms with Gasteiger partial charge in [-0.05, 0) is 24.6 Å². The lowest BCUT2D eigenvalue weighted by molar-refractivity contribution is -0.116. The number of rotatable bonds is 1. The number of allylic oxidation sites excluding steroid dienone is 1. The van der Waals surface area contributed by atoms with Crippen molar-refractivity contribution < 1.29 is 4.79 Å². The second-order valence-electron chi connectivity index (χ2n) is 3.29. The summed E-state index contributed by atoms with van der Waals surface area (Å²) >= 11 is 0. The van der Waals surface area contributed by atoms with Gasteiger partial charge in [-0.25, -0.2) is 4.98 Å². The van der Waals surface area contributed by atoms with Crippen LogP contribution in [0.15, 0.2) is 36.0 Å². The molecule has 1 fully saturated rings. The molecule has 0 N–H and O–H groups in total. The Balaban J connectivity index is 2.25. The first-order chi connectivity index (χ1) is 6.81. The molecule has 1 amide bonds. The van der Waals surface area contributed by atoms with E-state index in [1.165, 1.54) is 5.57 Å². The maximum absolute atomic E-state index is 11.6. The zero-order valence-electron chi connectivity index (χ0n) is 8.10. The fourth-order valence-corrected chi connectivity index (χ4v) is 1.55. The molecule has 1 aromatic rings. The lowest BCUT2D eigenvalue weighted by Crippen LogP contribution is -2.24. The number of carbonyl (C=O) groups is 1. The van der Waals surface area contributed by atoms with Crippen molar-refractivity contribution in [2.45, 2.75) is 13.3 Å². The fourth-order valence-electron chi connectivity index (χ4n) is 1.55. The van der Waals surface area contributed by atoms with Crippen molar-refractivity contribution in [2.75, 3.05) is 11.4 Å². The normalized spacial score (nSPS) is 19.4. The number of pyridine rings is 1. The molecule has 0 radical (unpaired) electrons. The third-order valence-corrected chi connectivity index (χ3v) is 2.37. The topological polar surface area (TPSA) is 33.2 Å². The van der Waals surface area contributed by atoms with Gasteiger partial charge >= 0.3 is 0 Å². The van der Waals surface area contributed by atoms with Gasteiger partial charge in [0.1, 0.15) is 5.82 Å². The number of carbonyl (C=O) groups excluding carboxylic acids is 1. The molecule has 2 rings (SSSR count). The van der Waals surface area contributed by atoms with Crippen molar-refractivity contribution >= 4 is 11.7 Å². The van der Waals surface area contributed by atoms with Gasteiger partial charge < -0.3 is 0 Å². The molecule has 72 valence electrons. The van der Waals surface area contributed by atoms with Crippen molar-refractivity contribution in [3.8, 4) is 0 Å². The summed E-state index contributed by atoms with van der Waals surface area (Å²) < 4.78 is 0. The highest BCUT2D eigenvalue weighted by Crippen LogP contribution is 2.21. The molecule has 1 aliphatic heterocycles. The average Bonchev–Trinajstić information content (AvgIpc) is 2.61. The Bertz CT molecular complexity index is 370. The van der Waals surface area contributed by atoms with Crippen LogP contribution in [0.3, 0.4) is 0 Å². The van der Waals surface area contributed by atoms with E-state index in [-0.39, 0.29) is 5.91 Å². The van der Waals surface area contributed by atoms with E-state index < -0.39 is 0 Å². The molecule has 1 saturated heterocycles. The maximum atomic E-state index is 11.6. The molecule has 0 unspecified atom stereocenters. The molecule has 0 spiro atoms. The molecule has 1 aromatic heterocycles. The number of amides is 1. The maximum Gasteiger partial charge on any atom is 0.232 e. The van der Waals surface area contributed by atoms with Gasteiger partial charge in [-0.2, -0.15) is 0 Å². The molecule has 0 bridgehead atoms. The van der Waals surface area contributed by atoms with Crippen molar-refractivity contribution in [2.24, 2.45) is 0 Å². The van der Waals surface area contributed by atoms with Crippen LogP contribution in [0.25, 0.3) is 0 Å². The van der Waals surface area contributed by atoms with Gasteiger partial charge in [0.05, 0.1) is 0 Å². The van der Waals surface area contributed by atoms with E-state index in [4.69, 9.17) is 0 Å². The summed E-state index contributed by atoms with van der Waals surface area (Å²) in [6.07, 6.45) is 4.24. The number of hydrogen-bond acceptors (Lipinski definition) is 2. The van der Waals surface area contributed by atoms with Crippen LogP contribution < -0.4 is 4.90 Å². The molecule has 14 heavy (non-hydrogen) atoms. The number of anilines is 1. The average molecular weight is 188 g/mol. The van der Waals surface area contributed by atoms with Crippen molar-refractivity contribution in [3.63, 3.8) is 0 Å². The van der Waals surface area contributed by atoms with E-state index in [1.54, 1.807) is 11.1 Å². The Hall–Kier alpha value is -1.64. The van der Waals surface area contributed by atoms with Crippen LogP contribution in [0.4, 0.5) is 5.82 Å². The van der Waals surface area contributed by atoms with E-state index in [1.807, 2.05) is 31.2 Å². The second-order valence-corrected chi connectivity index (χ2v) is 3.29. The third kappa shape index (κ3) is 1.53. The minimum atomic E-state index is 0.136. The largest absolute Gasteiger partial charge is 0.292 e. The van der Waals surface area contributed by atoms with Crippen LogP contribution in [0, 0.1) is 0 Å². The number of hydrogen-bond donors (Lipinski definition) is 0. The SMILES string of the molecule is C/C=C1\CC(=O)N(c2ccccn2)C1. The van der Waals surface area contributed by atoms with Crippen molar-refractivity contribution in [1.82, 2.24) is 4.98 Å². The predicted molar refractivity (Wildman–Crippen MR) is 55.0 cm³/mol. The van der Waals surface area contributed by atoms with Crippen LogP contribution in [-0.4, -0.2) is 17.4 Å². The van der Waals surface area contributed by atoms with Crippen LogP contribution in [0.2, 0.25) is 0 Å². The summed E-state index contributed by atoms with van der Waals surface area (Å²) in [5.41, 5.74) is 1.17. The van der Waals surface area contributed by atoms with Crippen LogP contribution in [-0.2, 0) is 4.79 Å². The zero-order chi connectivity index (χ0) is 9.97. The van der Waals surface area contributed by atoms with E-state index in [9.17, 15) is 4.79 Å². The van der Waals surface area contributed by atoms with Crippen LogP contribution in [0.5, 0.6) is 0 Å². The molecule has 1 aliphatic rings. The zero-order valence-corrected chi connectivity index (χ0v) is 8.10. The second kappa shape index (κ2) is 3.62. The Kier molecular flexibility index (Phi) is 2.31. The summed E-state index contributed by atoms with van der Waals surface area (Å²) in [6, 6.07) is 5.60. The standard InChI is InChI=1S/C11H12N2O/c1-2-9-7-11(14)13(8-9)10-5-3-4-6-12-10/h2-6H,7-8H2,1H3/b9-2+. The first-order valence-electron chi connectivity index (χ1n) is 4.66. The summed E-state index contributed by atoms with van der Waals surface area (Å²) in [5, 5.41) is 0. The molecule has 0 aliphatic carbocycles. The molecule has 0 aromatic carbocycles. The van der Waals surface area contributed by atoms with Gasteiger partial charge in [0.25, 0.3) is 0 Å². The highest BCUT2D eigenvalue weighted by molar-refractivity contribution is 5.97. The van der Waals surface area contributed by atoms with E-state index >= 15 is 0 Å². The summed E-state index contributed by atoms with van der Waals surface area (Å²) in [5.74, 6) is 0.881. The van der Waals surface area contributed by atoms with Gasteiger partial charge in [-0.1, -0.05) is 12.1 Å². The van der Waals surface area contributed by atoms with Gasteiger partial charge in [0.2, 0.25) is 5.91 Å². The molecular weight excluding hydrogens is 176 g/mol. The van der Waals surface area contributed by atoms with Crippen LogP contribution in [0.1, 0.15) is 13.3 Å². The smallest absolute Gasteiger partial charge is 0.232 e. The van der Waals surface area contributed by atoms with Gasteiger partial charge in [-0.15, -0.1) is 0 Å². The molecular formula is C11H12N2O. The Morgan fingerprint density at radius 2 is 2.36 bits per heavy atom. The third-order valence-electron chi connectivity index (χ3n) is 2.37. The van der Waals surface area contributed by atoms with Crippen molar-refractivity contribution in [3.05, 3.63) is 36.0 Å². The predicted octanol–water partition coefficient (Wildman–Crippen LogP) is 1.76. The lowest BCUT2D eigenvalue weighted by atomic mass is 10.2. The number of aromatic nitrogens is 1. The van der Waals surface area contributed by atoms with Crippen molar-refractivity contribution in [1.29, 1.82) is 0 Å². The molecule has 3 heteroatoms. The van der Waals surface area contributed by atoms with E-state index in [0.29, 0.717) is 13.0 Å². The molecule has 3 nitrogen and oxygen atoms in total. The van der Waals surface area contributed by atoms with Gasteiger partial charge in [0, 0.05) is 19.2 Å². The molecule has 0 saturated carbocycles. The highest BCUT2D eigenvalue weighted by atomic mass is 16.2. The van der Waals surface area contributed by atoms with Gasteiger partial charge in [-0.3, -0.25) is 9.69 Å². The summed E-state index contributed by atoms with van der Waals surface area (Å²) in [4.78, 5) is 17.5. The van der Waals surface area contributed by atoms with Gasteiger partial charge in [0.15, 0.2) is 0 Å². The first kappa shape index (κ1) is 8.94. The Morgan fingerprint density at radius 1 is 1.50 bits per heavy atom. The summed E-state index contributed by atoms with van der Waals surface area (Å²) in [7, 11) is 0. The fraction of sp³-hybridized carbons (Fsp3) is 0.273. The van der Waals surface area contributed by atoms with E-state index in [2.05, 4.69) is 4.98 Å². The van der Waals surface area contributed by atoms with Crippen LogP contribution >= 0.6 is 0 Å². The monoisotopic (exact) mass is 188 g/mol. The van der Waals surface area contributed by atoms with E-state index in [0.717, 1.165) is 5.82 Å². The molecule has 0 atom stereocenters. The molecule has 2 heterocycles. The minimum absolute atomic E-state index is 0.136. The Labute approximate surface area is 83.1 Å². The first-order valence-corrected chi connectivity index (χ1v) is 4.66. The summed E-state index contributed by atoms with van der Waals surface area (Å²) in [6.45, 7) is 2.65. The minimum Gasteiger partial charge on any atom is -0.292 e. The number of nitrogens with zero attached hydrogens (tertiary/aromatic N) is 2. The highest BCUT2D eigenvalue weighted by Gasteiger charge is 2.25.